The van der Waals surface area contributed by atoms with E-state index in [-0.39, 0.29) is 32.9 Å². The normalized spacial score (nSPS) is 15.6. The molecule has 5 aromatic rings. The summed E-state index contributed by atoms with van der Waals surface area (Å²) in [7, 11) is 0. The van der Waals surface area contributed by atoms with Gasteiger partial charge in [-0.3, -0.25) is 0 Å². The van der Waals surface area contributed by atoms with Crippen molar-refractivity contribution in [2.45, 2.75) is 51.2 Å². The minimum absolute atomic E-state index is 0.0427. The van der Waals surface area contributed by atoms with Gasteiger partial charge < -0.3 is 15.0 Å². The summed E-state index contributed by atoms with van der Waals surface area (Å²) in [6.45, 7) is 6.65. The number of amides is 1. The molecule has 13 heteroatoms. The van der Waals surface area contributed by atoms with Crippen LogP contribution in [-0.2, 0) is 16.7 Å². The Kier molecular flexibility index (Phi) is 6.19. The van der Waals surface area contributed by atoms with E-state index in [0.717, 1.165) is 36.2 Å². The van der Waals surface area contributed by atoms with Gasteiger partial charge in [-0.1, -0.05) is 29.3 Å². The first-order valence-electron chi connectivity index (χ1n) is 13.7. The van der Waals surface area contributed by atoms with E-state index in [1.165, 1.54) is 27.1 Å². The molecule has 10 nitrogen and oxygen atoms in total. The van der Waals surface area contributed by atoms with Crippen molar-refractivity contribution in [1.29, 1.82) is 0 Å². The molecule has 0 unspecified atom stereocenters. The summed E-state index contributed by atoms with van der Waals surface area (Å²) in [4.78, 5) is 41.6. The maximum atomic E-state index is 13.9. The zero-order valence-corrected chi connectivity index (χ0v) is 25.0. The fraction of sp³-hybridized carbons (Fsp3) is 0.300. The van der Waals surface area contributed by atoms with E-state index in [1.54, 1.807) is 11.1 Å². The highest BCUT2D eigenvalue weighted by Crippen LogP contribution is 2.53. The smallest absolute Gasteiger partial charge is 0.410 e. The van der Waals surface area contributed by atoms with Gasteiger partial charge in [0.15, 0.2) is 11.3 Å². The van der Waals surface area contributed by atoms with Gasteiger partial charge in [0.25, 0.3) is 0 Å². The van der Waals surface area contributed by atoms with E-state index in [2.05, 4.69) is 26.3 Å². The summed E-state index contributed by atoms with van der Waals surface area (Å²) < 4.78 is 22.2. The van der Waals surface area contributed by atoms with Gasteiger partial charge in [-0.25, -0.2) is 37.9 Å². The average Bonchev–Trinajstić information content (AvgIpc) is 3.56. The zero-order valence-electron chi connectivity index (χ0n) is 23.5. The maximum Gasteiger partial charge on any atom is 0.410 e. The average molecular weight is 622 g/mol. The fourth-order valence-electron chi connectivity index (χ4n) is 5.80. The van der Waals surface area contributed by atoms with Crippen molar-refractivity contribution < 1.29 is 13.9 Å². The van der Waals surface area contributed by atoms with Crippen LogP contribution >= 0.6 is 23.2 Å². The van der Waals surface area contributed by atoms with Gasteiger partial charge in [0.1, 0.15) is 23.6 Å². The number of rotatable bonds is 3. The third kappa shape index (κ3) is 4.76. The first kappa shape index (κ1) is 27.6. The Labute approximate surface area is 255 Å². The second-order valence-corrected chi connectivity index (χ2v) is 12.8. The number of carbonyl (C=O) groups is 1. The number of halogens is 3. The molecule has 1 aliphatic carbocycles. The molecule has 7 rings (SSSR count). The topological polar surface area (TPSA) is 107 Å². The van der Waals surface area contributed by atoms with Crippen molar-refractivity contribution in [3.05, 3.63) is 86.5 Å². The second kappa shape index (κ2) is 9.65. The molecule has 1 aliphatic heterocycles. The Morgan fingerprint density at radius 2 is 1.86 bits per heavy atom. The number of imidazole rings is 1. The van der Waals surface area contributed by atoms with E-state index in [9.17, 15) is 14.0 Å². The molecule has 2 aromatic carbocycles. The van der Waals surface area contributed by atoms with Crippen LogP contribution in [0.5, 0.6) is 0 Å². The van der Waals surface area contributed by atoms with Crippen molar-refractivity contribution in [3.8, 4) is 5.69 Å². The Morgan fingerprint density at radius 3 is 2.56 bits per heavy atom. The molecule has 0 saturated heterocycles. The van der Waals surface area contributed by atoms with Crippen LogP contribution in [0.4, 0.5) is 20.7 Å². The number of hydrogen-bond acceptors (Lipinski definition) is 7. The van der Waals surface area contributed by atoms with Crippen LogP contribution in [0.3, 0.4) is 0 Å². The Morgan fingerprint density at radius 1 is 1.12 bits per heavy atom. The minimum atomic E-state index is -0.632. The molecule has 1 saturated carbocycles. The number of carbonyl (C=O) groups excluding carboxylic acids is 1. The van der Waals surface area contributed by atoms with E-state index in [0.29, 0.717) is 29.9 Å². The first-order valence-corrected chi connectivity index (χ1v) is 14.5. The molecule has 4 heterocycles. The second-order valence-electron chi connectivity index (χ2n) is 12.0. The van der Waals surface area contributed by atoms with Crippen LogP contribution < -0.4 is 11.0 Å². The molecule has 2 aliphatic rings. The van der Waals surface area contributed by atoms with Gasteiger partial charge >= 0.3 is 11.8 Å². The lowest BCUT2D eigenvalue weighted by Crippen LogP contribution is -2.44. The van der Waals surface area contributed by atoms with E-state index in [1.807, 2.05) is 32.9 Å². The third-order valence-corrected chi connectivity index (χ3v) is 8.34. The Balaban J connectivity index is 1.28. The lowest BCUT2D eigenvalue weighted by molar-refractivity contribution is 0.0197. The molecule has 0 atom stereocenters. The number of nitrogens with one attached hydrogen (secondary N) is 1. The van der Waals surface area contributed by atoms with Gasteiger partial charge in [0.05, 0.1) is 27.3 Å². The number of aromatic nitrogens is 5. The van der Waals surface area contributed by atoms with Crippen LogP contribution in [-0.4, -0.2) is 47.1 Å². The largest absolute Gasteiger partial charge is 0.444 e. The monoisotopic (exact) mass is 621 g/mol. The predicted molar refractivity (Wildman–Crippen MR) is 161 cm³/mol. The van der Waals surface area contributed by atoms with Crippen molar-refractivity contribution in [2.75, 3.05) is 11.9 Å². The van der Waals surface area contributed by atoms with Gasteiger partial charge in [-0.2, -0.15) is 0 Å². The Bertz CT molecular complexity index is 2010. The van der Waals surface area contributed by atoms with E-state index in [4.69, 9.17) is 27.9 Å². The van der Waals surface area contributed by atoms with Gasteiger partial charge in [0, 0.05) is 30.4 Å². The molecule has 3 aromatic heterocycles. The van der Waals surface area contributed by atoms with E-state index >= 15 is 0 Å². The van der Waals surface area contributed by atoms with Gasteiger partial charge in [0.2, 0.25) is 0 Å². The van der Waals surface area contributed by atoms with Crippen molar-refractivity contribution >= 4 is 57.5 Å². The number of anilines is 2. The Hall–Kier alpha value is -4.22. The molecular formula is C30H26Cl2FN7O3. The summed E-state index contributed by atoms with van der Waals surface area (Å²) in [6, 6.07) is 8.25. The summed E-state index contributed by atoms with van der Waals surface area (Å²) in [6.07, 6.45) is 6.09. The molecule has 220 valence electrons. The maximum absolute atomic E-state index is 13.9. The zero-order chi connectivity index (χ0) is 30.3. The highest BCUT2D eigenvalue weighted by atomic mass is 35.5. The quantitative estimate of drug-likeness (QED) is 0.248. The van der Waals surface area contributed by atoms with Crippen LogP contribution in [0, 0.1) is 5.82 Å². The van der Waals surface area contributed by atoms with Crippen LogP contribution in [0.1, 0.15) is 44.7 Å². The molecule has 1 N–H and O–H groups in total. The van der Waals surface area contributed by atoms with Crippen molar-refractivity contribution in [3.63, 3.8) is 0 Å². The molecular weight excluding hydrogens is 596 g/mol. The SMILES string of the molecule is CC(C)(C)OC(=O)N1Cc2cc(Nc3cn4c(=O)n(-c5c(Cl)cc(F)cc5Cl)c5ncncc5c4n3)ccc2C2(CC2)C1. The van der Waals surface area contributed by atoms with Crippen LogP contribution in [0.15, 0.2) is 53.8 Å². The number of fused-ring (bicyclic) bond motifs is 5. The third-order valence-electron chi connectivity index (χ3n) is 7.76. The summed E-state index contributed by atoms with van der Waals surface area (Å²) >= 11 is 12.7. The van der Waals surface area contributed by atoms with Crippen molar-refractivity contribution in [2.24, 2.45) is 0 Å². The van der Waals surface area contributed by atoms with Gasteiger partial charge in [-0.05, 0) is 69.0 Å². The fourth-order valence-corrected chi connectivity index (χ4v) is 6.43. The highest BCUT2D eigenvalue weighted by molar-refractivity contribution is 6.37. The number of hydrogen-bond donors (Lipinski definition) is 1. The molecule has 1 spiro atoms. The highest BCUT2D eigenvalue weighted by Gasteiger charge is 2.50. The summed E-state index contributed by atoms with van der Waals surface area (Å²) in [5.41, 5.74) is 2.48. The molecule has 1 amide bonds. The summed E-state index contributed by atoms with van der Waals surface area (Å²) in [5.74, 6) is -0.231. The molecule has 1 fully saturated rings. The lowest BCUT2D eigenvalue weighted by atomic mass is 9.87. The first-order chi connectivity index (χ1) is 20.4. The number of benzene rings is 2. The van der Waals surface area contributed by atoms with E-state index < -0.39 is 17.1 Å². The number of ether oxygens (including phenoxy) is 1. The number of nitrogens with zero attached hydrogens (tertiary/aromatic N) is 6. The lowest BCUT2D eigenvalue weighted by Gasteiger charge is -2.36. The molecule has 0 bridgehead atoms. The van der Waals surface area contributed by atoms with Crippen molar-refractivity contribution in [1.82, 2.24) is 28.8 Å². The van der Waals surface area contributed by atoms with Crippen LogP contribution in [0.2, 0.25) is 10.0 Å². The van der Waals surface area contributed by atoms with Gasteiger partial charge in [-0.15, -0.1) is 0 Å². The molecule has 0 radical (unpaired) electrons. The summed E-state index contributed by atoms with van der Waals surface area (Å²) in [5, 5.41) is 3.66. The predicted octanol–water partition coefficient (Wildman–Crippen LogP) is 6.40. The standard InChI is InChI=1S/C30H26Cl2FN7O3/c1-29(2,3)43-28(42)38-12-16-8-18(4-5-20(16)30(14-38)6-7-30)36-23-13-39-26(37-23)19-11-34-15-35-25(19)40(27(39)41)24-21(31)9-17(33)10-22(24)32/h4-5,8-11,13,15,36H,6-7,12,14H2,1-3H3. The van der Waals surface area contributed by atoms with Crippen LogP contribution in [0.25, 0.3) is 22.4 Å². The minimum Gasteiger partial charge on any atom is -0.444 e. The molecule has 43 heavy (non-hydrogen) atoms.